The number of amides is 1. The number of nitrogen functional groups attached to an aromatic ring is 1. The lowest BCUT2D eigenvalue weighted by Gasteiger charge is -2.31. The molecule has 1 aromatic carbocycles. The van der Waals surface area contributed by atoms with E-state index in [0.717, 1.165) is 35.3 Å². The Bertz CT molecular complexity index is 973. The van der Waals surface area contributed by atoms with Crippen molar-refractivity contribution in [1.29, 1.82) is 0 Å². The van der Waals surface area contributed by atoms with E-state index in [2.05, 4.69) is 24.8 Å². The maximum Gasteiger partial charge on any atom is 0.220 e. The molecule has 1 aliphatic heterocycles. The minimum Gasteiger partial charge on any atom is -0.382 e. The van der Waals surface area contributed by atoms with E-state index >= 15 is 0 Å². The molecule has 1 amide bonds. The van der Waals surface area contributed by atoms with Crippen LogP contribution >= 0.6 is 0 Å². The molecular formula is C18H21N7O. The van der Waals surface area contributed by atoms with Gasteiger partial charge in [0.1, 0.15) is 5.82 Å². The van der Waals surface area contributed by atoms with E-state index in [4.69, 9.17) is 11.5 Å². The highest BCUT2D eigenvalue weighted by atomic mass is 16.1. The van der Waals surface area contributed by atoms with Crippen molar-refractivity contribution in [2.45, 2.75) is 19.8 Å². The van der Waals surface area contributed by atoms with E-state index in [1.165, 1.54) is 0 Å². The number of hydrogen-bond acceptors (Lipinski definition) is 6. The Hall–Kier alpha value is -3.16. The first-order valence-electron chi connectivity index (χ1n) is 8.65. The van der Waals surface area contributed by atoms with E-state index in [1.807, 2.05) is 25.1 Å². The normalized spacial score (nSPS) is 15.5. The average Bonchev–Trinajstić information content (AvgIpc) is 3.05. The number of piperidine rings is 1. The lowest BCUT2D eigenvalue weighted by Crippen LogP contribution is -2.39. The molecule has 0 spiro atoms. The van der Waals surface area contributed by atoms with Crippen molar-refractivity contribution in [3.8, 4) is 11.5 Å². The Balaban J connectivity index is 1.65. The van der Waals surface area contributed by atoms with Crippen LogP contribution in [-0.4, -0.2) is 38.9 Å². The van der Waals surface area contributed by atoms with Crippen molar-refractivity contribution in [3.05, 3.63) is 30.0 Å². The first kappa shape index (κ1) is 16.3. The average molecular weight is 351 g/mol. The number of nitrogens with zero attached hydrogens (tertiary/aromatic N) is 4. The highest BCUT2D eigenvalue weighted by Gasteiger charge is 2.24. The molecule has 0 unspecified atom stereocenters. The molecule has 0 radical (unpaired) electrons. The second-order valence-corrected chi connectivity index (χ2v) is 6.73. The van der Waals surface area contributed by atoms with Gasteiger partial charge in [0.25, 0.3) is 0 Å². The van der Waals surface area contributed by atoms with Crippen molar-refractivity contribution in [2.75, 3.05) is 23.7 Å². The van der Waals surface area contributed by atoms with Crippen molar-refractivity contribution in [2.24, 2.45) is 11.7 Å². The molecule has 26 heavy (non-hydrogen) atoms. The van der Waals surface area contributed by atoms with Gasteiger partial charge < -0.3 is 21.4 Å². The molecule has 8 heteroatoms. The molecule has 8 nitrogen and oxygen atoms in total. The number of hydrogen-bond donors (Lipinski definition) is 3. The number of anilines is 2. The predicted molar refractivity (Wildman–Crippen MR) is 100 cm³/mol. The maximum absolute atomic E-state index is 11.3. The van der Waals surface area contributed by atoms with Gasteiger partial charge in [0.15, 0.2) is 17.3 Å². The van der Waals surface area contributed by atoms with Gasteiger partial charge in [-0.2, -0.15) is 0 Å². The van der Waals surface area contributed by atoms with Crippen molar-refractivity contribution >= 4 is 28.6 Å². The number of imidazole rings is 1. The number of benzene rings is 1. The number of carbonyl (C=O) groups is 1. The molecule has 2 aromatic heterocycles. The molecule has 0 bridgehead atoms. The molecule has 0 atom stereocenters. The second kappa shape index (κ2) is 6.29. The summed E-state index contributed by atoms with van der Waals surface area (Å²) in [5.74, 6) is 1.37. The Kier molecular flexibility index (Phi) is 3.95. The number of aryl methyl sites for hydroxylation is 1. The van der Waals surface area contributed by atoms with Crippen molar-refractivity contribution < 1.29 is 4.79 Å². The Morgan fingerprint density at radius 3 is 2.77 bits per heavy atom. The monoisotopic (exact) mass is 351 g/mol. The van der Waals surface area contributed by atoms with Crippen molar-refractivity contribution in [3.63, 3.8) is 0 Å². The number of nitrogens with two attached hydrogens (primary N) is 2. The Morgan fingerprint density at radius 1 is 1.27 bits per heavy atom. The summed E-state index contributed by atoms with van der Waals surface area (Å²) in [4.78, 5) is 30.3. The summed E-state index contributed by atoms with van der Waals surface area (Å²) in [6, 6.07) is 6.02. The van der Waals surface area contributed by atoms with Gasteiger partial charge in [-0.3, -0.25) is 4.79 Å². The number of rotatable bonds is 3. The maximum atomic E-state index is 11.3. The van der Waals surface area contributed by atoms with Crippen LogP contribution in [0.2, 0.25) is 0 Å². The molecule has 5 N–H and O–H groups in total. The van der Waals surface area contributed by atoms with Crippen LogP contribution in [0.3, 0.4) is 0 Å². The molecule has 3 aromatic rings. The summed E-state index contributed by atoms with van der Waals surface area (Å²) in [7, 11) is 0. The third-order valence-electron chi connectivity index (χ3n) is 4.87. The lowest BCUT2D eigenvalue weighted by molar-refractivity contribution is -0.122. The minimum atomic E-state index is -0.230. The Labute approximate surface area is 150 Å². The van der Waals surface area contributed by atoms with Gasteiger partial charge in [0.2, 0.25) is 5.91 Å². The zero-order chi connectivity index (χ0) is 18.3. The van der Waals surface area contributed by atoms with Crippen LogP contribution < -0.4 is 16.4 Å². The van der Waals surface area contributed by atoms with Gasteiger partial charge in [0, 0.05) is 19.0 Å². The Morgan fingerprint density at radius 2 is 2.04 bits per heavy atom. The highest BCUT2D eigenvalue weighted by Crippen LogP contribution is 2.27. The van der Waals surface area contributed by atoms with E-state index in [9.17, 15) is 4.79 Å². The van der Waals surface area contributed by atoms with E-state index in [0.29, 0.717) is 30.4 Å². The zero-order valence-electron chi connectivity index (χ0n) is 14.6. The van der Waals surface area contributed by atoms with E-state index in [-0.39, 0.29) is 11.8 Å². The fraction of sp³-hybridized carbons (Fsp3) is 0.333. The van der Waals surface area contributed by atoms with Gasteiger partial charge in [-0.15, -0.1) is 0 Å². The first-order chi connectivity index (χ1) is 12.5. The molecule has 1 aliphatic rings. The molecule has 3 heterocycles. The van der Waals surface area contributed by atoms with Gasteiger partial charge >= 0.3 is 0 Å². The fourth-order valence-corrected chi connectivity index (χ4v) is 3.34. The van der Waals surface area contributed by atoms with Crippen LogP contribution in [0, 0.1) is 12.8 Å². The third kappa shape index (κ3) is 2.94. The van der Waals surface area contributed by atoms with Gasteiger partial charge in [-0.1, -0.05) is 6.07 Å². The molecule has 134 valence electrons. The SMILES string of the molecule is Cc1ccc2nc(-c3nc(N4CCC(C(N)=O)CC4)cnc3N)[nH]c2c1. The number of nitrogens with one attached hydrogen (secondary N) is 1. The minimum absolute atomic E-state index is 0.0638. The first-order valence-corrected chi connectivity index (χ1v) is 8.65. The summed E-state index contributed by atoms with van der Waals surface area (Å²) < 4.78 is 0. The fourth-order valence-electron chi connectivity index (χ4n) is 3.34. The predicted octanol–water partition coefficient (Wildman–Crippen LogP) is 1.61. The molecule has 0 saturated carbocycles. The summed E-state index contributed by atoms with van der Waals surface area (Å²) in [6.45, 7) is 3.46. The van der Waals surface area contributed by atoms with Crippen LogP contribution in [0.25, 0.3) is 22.6 Å². The van der Waals surface area contributed by atoms with E-state index in [1.54, 1.807) is 6.20 Å². The molecule has 0 aliphatic carbocycles. The van der Waals surface area contributed by atoms with Gasteiger partial charge in [0.05, 0.1) is 17.2 Å². The smallest absolute Gasteiger partial charge is 0.220 e. The molecular weight excluding hydrogens is 330 g/mol. The number of H-pyrrole nitrogens is 1. The van der Waals surface area contributed by atoms with Crippen LogP contribution in [0.15, 0.2) is 24.4 Å². The van der Waals surface area contributed by atoms with E-state index < -0.39 is 0 Å². The largest absolute Gasteiger partial charge is 0.382 e. The summed E-state index contributed by atoms with van der Waals surface area (Å²) in [6.07, 6.45) is 3.11. The van der Waals surface area contributed by atoms with Crippen molar-refractivity contribution in [1.82, 2.24) is 19.9 Å². The summed E-state index contributed by atoms with van der Waals surface area (Å²) in [5.41, 5.74) is 14.9. The summed E-state index contributed by atoms with van der Waals surface area (Å²) in [5, 5.41) is 0. The number of carbonyl (C=O) groups excluding carboxylic acids is 1. The van der Waals surface area contributed by atoms with Gasteiger partial charge in [-0.25, -0.2) is 15.0 Å². The zero-order valence-corrected chi connectivity index (χ0v) is 14.6. The molecule has 1 saturated heterocycles. The molecule has 4 rings (SSSR count). The highest BCUT2D eigenvalue weighted by molar-refractivity contribution is 5.81. The van der Waals surface area contributed by atoms with Crippen LogP contribution in [-0.2, 0) is 4.79 Å². The third-order valence-corrected chi connectivity index (χ3v) is 4.87. The number of primary amides is 1. The number of aromatic amines is 1. The number of aromatic nitrogens is 4. The molecule has 1 fully saturated rings. The number of fused-ring (bicyclic) bond motifs is 1. The van der Waals surface area contributed by atoms with Gasteiger partial charge in [-0.05, 0) is 37.5 Å². The standard InChI is InChI=1S/C18H21N7O/c1-10-2-3-12-13(8-10)23-18(22-12)15-16(19)21-9-14(24-15)25-6-4-11(5-7-25)17(20)26/h2-3,8-9,11H,4-7H2,1H3,(H2,19,21)(H2,20,26)(H,22,23). The van der Waals surface area contributed by atoms with Crippen LogP contribution in [0.4, 0.5) is 11.6 Å². The summed E-state index contributed by atoms with van der Waals surface area (Å²) >= 11 is 0. The van der Waals surface area contributed by atoms with Crippen LogP contribution in [0.1, 0.15) is 18.4 Å². The quantitative estimate of drug-likeness (QED) is 0.658. The topological polar surface area (TPSA) is 127 Å². The second-order valence-electron chi connectivity index (χ2n) is 6.73. The van der Waals surface area contributed by atoms with Crippen LogP contribution in [0.5, 0.6) is 0 Å². The lowest BCUT2D eigenvalue weighted by atomic mass is 9.96.